The summed E-state index contributed by atoms with van der Waals surface area (Å²) in [4.78, 5) is 32.7. The SMILES string of the molecule is CCOC(=O)C1=C(C)N=c2s/c(=C\c3cc(I)c(OCc4ccc5c(c4)OCO5)c(OC)c3)c(=O)n2[C@@H]1c1ccc(OC(C)C)c(OC)c1. The van der Waals surface area contributed by atoms with Crippen LogP contribution in [0.4, 0.5) is 0 Å². The van der Waals surface area contributed by atoms with Gasteiger partial charge in [0, 0.05) is 0 Å². The Hall–Kier alpha value is -4.50. The predicted molar refractivity (Wildman–Crippen MR) is 192 cm³/mol. The molecule has 256 valence electrons. The van der Waals surface area contributed by atoms with E-state index < -0.39 is 12.0 Å². The van der Waals surface area contributed by atoms with Crippen molar-refractivity contribution >= 4 is 46.0 Å². The van der Waals surface area contributed by atoms with Crippen LogP contribution in [0.3, 0.4) is 0 Å². The minimum absolute atomic E-state index is 0.0768. The van der Waals surface area contributed by atoms with E-state index in [9.17, 15) is 9.59 Å². The van der Waals surface area contributed by atoms with Crippen LogP contribution < -0.4 is 43.3 Å². The molecule has 4 aromatic rings. The molecular formula is C36H35IN2O9S. The monoisotopic (exact) mass is 798 g/mol. The lowest BCUT2D eigenvalue weighted by molar-refractivity contribution is -0.139. The topological polar surface area (TPSA) is 116 Å². The quantitative estimate of drug-likeness (QED) is 0.143. The fraction of sp³-hybridized carbons (Fsp3) is 0.306. The van der Waals surface area contributed by atoms with E-state index in [1.54, 1.807) is 50.8 Å². The van der Waals surface area contributed by atoms with Gasteiger partial charge in [0.15, 0.2) is 39.3 Å². The third-order valence-electron chi connectivity index (χ3n) is 7.75. The van der Waals surface area contributed by atoms with Crippen molar-refractivity contribution < 1.29 is 38.0 Å². The highest BCUT2D eigenvalue weighted by Gasteiger charge is 2.34. The summed E-state index contributed by atoms with van der Waals surface area (Å²) in [6.07, 6.45) is 1.71. The number of benzene rings is 3. The molecule has 6 rings (SSSR count). The number of aromatic nitrogens is 1. The van der Waals surface area contributed by atoms with E-state index in [2.05, 4.69) is 22.6 Å². The lowest BCUT2D eigenvalue weighted by Crippen LogP contribution is -2.40. The van der Waals surface area contributed by atoms with Crippen LogP contribution in [-0.4, -0.2) is 44.3 Å². The van der Waals surface area contributed by atoms with Crippen LogP contribution in [0.1, 0.15) is 50.4 Å². The number of allylic oxidation sites excluding steroid dienone is 1. The maximum Gasteiger partial charge on any atom is 0.338 e. The number of methoxy groups -OCH3 is 2. The van der Waals surface area contributed by atoms with Crippen molar-refractivity contribution in [2.24, 2.45) is 4.99 Å². The van der Waals surface area contributed by atoms with Gasteiger partial charge < -0.3 is 33.2 Å². The first kappa shape index (κ1) is 34.4. The highest BCUT2D eigenvalue weighted by atomic mass is 127. The molecule has 0 radical (unpaired) electrons. The fourth-order valence-electron chi connectivity index (χ4n) is 5.61. The van der Waals surface area contributed by atoms with Crippen LogP contribution in [0.2, 0.25) is 0 Å². The molecule has 0 saturated carbocycles. The lowest BCUT2D eigenvalue weighted by atomic mass is 9.95. The molecule has 0 bridgehead atoms. The molecule has 1 atom stereocenters. The fourth-order valence-corrected chi connectivity index (χ4v) is 7.44. The molecule has 0 aliphatic carbocycles. The van der Waals surface area contributed by atoms with Gasteiger partial charge in [-0.2, -0.15) is 0 Å². The van der Waals surface area contributed by atoms with Crippen molar-refractivity contribution in [2.45, 2.75) is 46.4 Å². The second-order valence-electron chi connectivity index (χ2n) is 11.4. The number of halogens is 1. The molecule has 0 N–H and O–H groups in total. The smallest absolute Gasteiger partial charge is 0.338 e. The molecule has 0 amide bonds. The predicted octanol–water partition coefficient (Wildman–Crippen LogP) is 5.52. The van der Waals surface area contributed by atoms with E-state index in [4.69, 9.17) is 38.2 Å². The first-order valence-corrected chi connectivity index (χ1v) is 17.4. The Balaban J connectivity index is 1.39. The zero-order valence-corrected chi connectivity index (χ0v) is 30.8. The highest BCUT2D eigenvalue weighted by Crippen LogP contribution is 2.38. The van der Waals surface area contributed by atoms with Gasteiger partial charge in [-0.25, -0.2) is 9.79 Å². The molecule has 0 saturated heterocycles. The molecule has 2 aliphatic heterocycles. The van der Waals surface area contributed by atoms with Gasteiger partial charge in [-0.05, 0) is 109 Å². The van der Waals surface area contributed by atoms with E-state index in [0.29, 0.717) is 61.7 Å². The third kappa shape index (κ3) is 6.99. The summed E-state index contributed by atoms with van der Waals surface area (Å²) in [5, 5.41) is 0. The summed E-state index contributed by atoms with van der Waals surface area (Å²) < 4.78 is 42.6. The number of carbonyl (C=O) groups excluding carboxylic acids is 1. The maximum absolute atomic E-state index is 14.2. The molecule has 1 aromatic heterocycles. The van der Waals surface area contributed by atoms with Crippen LogP contribution in [0.15, 0.2) is 69.6 Å². The van der Waals surface area contributed by atoms with Gasteiger partial charge in [0.05, 0.1) is 52.3 Å². The second-order valence-corrected chi connectivity index (χ2v) is 13.6. The van der Waals surface area contributed by atoms with E-state index in [0.717, 1.165) is 14.7 Å². The number of esters is 1. The number of hydrogen-bond acceptors (Lipinski definition) is 11. The minimum atomic E-state index is -0.805. The largest absolute Gasteiger partial charge is 0.493 e. The Bertz CT molecular complexity index is 2140. The molecule has 2 aliphatic rings. The zero-order chi connectivity index (χ0) is 34.8. The molecule has 11 nitrogen and oxygen atoms in total. The maximum atomic E-state index is 14.2. The summed E-state index contributed by atoms with van der Waals surface area (Å²) in [5.41, 5.74) is 2.74. The number of rotatable bonds is 11. The highest BCUT2D eigenvalue weighted by molar-refractivity contribution is 14.1. The average molecular weight is 799 g/mol. The Morgan fingerprint density at radius 2 is 1.84 bits per heavy atom. The standard InChI is InChI=1S/C36H35IN2O9S/c1-7-44-35(41)31-20(4)38-36-39(32(31)23-9-11-26(48-19(2)3)27(16-23)42-5)34(40)30(49-36)15-22-12-24(37)33(29(14-22)43-6)45-17-21-8-10-25-28(13-21)47-18-46-25/h8-16,19,32H,7,17-18H2,1-6H3/b30-15-/t32-/m1/s1. The van der Waals surface area contributed by atoms with Crippen LogP contribution in [0.5, 0.6) is 34.5 Å². The van der Waals surface area contributed by atoms with Crippen LogP contribution in [0.25, 0.3) is 6.08 Å². The Labute approximate surface area is 300 Å². The van der Waals surface area contributed by atoms with Crippen molar-refractivity contribution in [3.8, 4) is 34.5 Å². The van der Waals surface area contributed by atoms with Crippen molar-refractivity contribution in [1.82, 2.24) is 4.57 Å². The normalized spacial score (nSPS) is 15.2. The molecule has 0 fully saturated rings. The summed E-state index contributed by atoms with van der Waals surface area (Å²) in [5.74, 6) is 2.97. The van der Waals surface area contributed by atoms with E-state index in [-0.39, 0.29) is 30.6 Å². The van der Waals surface area contributed by atoms with Gasteiger partial charge in [0.25, 0.3) is 5.56 Å². The number of thiazole rings is 1. The Morgan fingerprint density at radius 1 is 1.06 bits per heavy atom. The second kappa shape index (κ2) is 14.5. The van der Waals surface area contributed by atoms with Gasteiger partial charge in [-0.3, -0.25) is 9.36 Å². The van der Waals surface area contributed by atoms with Gasteiger partial charge in [0.2, 0.25) is 6.79 Å². The van der Waals surface area contributed by atoms with Crippen molar-refractivity contribution in [3.63, 3.8) is 0 Å². The summed E-state index contributed by atoms with van der Waals surface area (Å²) in [6, 6.07) is 14.0. The summed E-state index contributed by atoms with van der Waals surface area (Å²) >= 11 is 3.43. The molecule has 13 heteroatoms. The zero-order valence-electron chi connectivity index (χ0n) is 27.8. The molecule has 3 aromatic carbocycles. The van der Waals surface area contributed by atoms with Gasteiger partial charge in [-0.1, -0.05) is 23.5 Å². The van der Waals surface area contributed by atoms with Crippen molar-refractivity contribution in [3.05, 3.63) is 99.7 Å². The van der Waals surface area contributed by atoms with E-state index in [1.807, 2.05) is 50.2 Å². The van der Waals surface area contributed by atoms with Crippen molar-refractivity contribution in [2.75, 3.05) is 27.6 Å². The van der Waals surface area contributed by atoms with Crippen LogP contribution in [0, 0.1) is 3.57 Å². The Kier molecular flexibility index (Phi) is 10.2. The first-order chi connectivity index (χ1) is 23.6. The molecule has 3 heterocycles. The van der Waals surface area contributed by atoms with Gasteiger partial charge in [0.1, 0.15) is 6.61 Å². The number of fused-ring (bicyclic) bond motifs is 2. The molecule has 0 spiro atoms. The van der Waals surface area contributed by atoms with E-state index in [1.165, 1.54) is 11.3 Å². The minimum Gasteiger partial charge on any atom is -0.493 e. The molecule has 49 heavy (non-hydrogen) atoms. The van der Waals surface area contributed by atoms with Crippen LogP contribution in [-0.2, 0) is 16.1 Å². The number of nitrogens with zero attached hydrogens (tertiary/aromatic N) is 2. The van der Waals surface area contributed by atoms with Crippen molar-refractivity contribution in [1.29, 1.82) is 0 Å². The number of hydrogen-bond donors (Lipinski definition) is 0. The van der Waals surface area contributed by atoms with E-state index >= 15 is 0 Å². The average Bonchev–Trinajstić information content (AvgIpc) is 3.66. The summed E-state index contributed by atoms with van der Waals surface area (Å²) in [6.45, 7) is 8.00. The summed E-state index contributed by atoms with van der Waals surface area (Å²) in [7, 11) is 3.12. The Morgan fingerprint density at radius 3 is 2.57 bits per heavy atom. The molecular weight excluding hydrogens is 763 g/mol. The third-order valence-corrected chi connectivity index (χ3v) is 9.54. The van der Waals surface area contributed by atoms with Gasteiger partial charge >= 0.3 is 5.97 Å². The first-order valence-electron chi connectivity index (χ1n) is 15.5. The van der Waals surface area contributed by atoms with Crippen LogP contribution >= 0.6 is 33.9 Å². The van der Waals surface area contributed by atoms with Gasteiger partial charge in [-0.15, -0.1) is 0 Å². The number of carbonyl (C=O) groups is 1. The molecule has 0 unspecified atom stereocenters. The number of ether oxygens (including phenoxy) is 7. The lowest BCUT2D eigenvalue weighted by Gasteiger charge is -2.25.